The lowest BCUT2D eigenvalue weighted by molar-refractivity contribution is 0.753. The Kier molecular flexibility index (Phi) is 3.61. The molecule has 0 aliphatic heterocycles. The van der Waals surface area contributed by atoms with E-state index in [0.29, 0.717) is 0 Å². The van der Waals surface area contributed by atoms with Crippen LogP contribution < -0.4 is 11.1 Å². The van der Waals surface area contributed by atoms with Crippen molar-refractivity contribution in [2.24, 2.45) is 7.05 Å². The summed E-state index contributed by atoms with van der Waals surface area (Å²) in [6.07, 6.45) is 0.834. The Hall–Kier alpha value is -1.49. The molecule has 0 spiro atoms. The number of rotatable bonds is 3. The van der Waals surface area contributed by atoms with Crippen molar-refractivity contribution in [3.8, 4) is 0 Å². The smallest absolute Gasteiger partial charge is 0.152 e. The SMILES string of the molecule is CCc1nn(C)c(Nc2ccc(Br)c(C)c2)c1N. The molecule has 0 saturated carbocycles. The van der Waals surface area contributed by atoms with Gasteiger partial charge in [0.05, 0.1) is 11.4 Å². The van der Waals surface area contributed by atoms with Gasteiger partial charge in [-0.2, -0.15) is 5.10 Å². The minimum atomic E-state index is 0.723. The van der Waals surface area contributed by atoms with Crippen LogP contribution >= 0.6 is 15.9 Å². The first-order valence-electron chi connectivity index (χ1n) is 5.87. The van der Waals surface area contributed by atoms with Crippen molar-refractivity contribution < 1.29 is 0 Å². The topological polar surface area (TPSA) is 55.9 Å². The average molecular weight is 309 g/mol. The highest BCUT2D eigenvalue weighted by molar-refractivity contribution is 9.10. The summed E-state index contributed by atoms with van der Waals surface area (Å²) >= 11 is 3.49. The largest absolute Gasteiger partial charge is 0.394 e. The number of hydrogen-bond donors (Lipinski definition) is 2. The van der Waals surface area contributed by atoms with Crippen LogP contribution in [-0.4, -0.2) is 9.78 Å². The lowest BCUT2D eigenvalue weighted by Gasteiger charge is -2.09. The number of benzene rings is 1. The van der Waals surface area contributed by atoms with Gasteiger partial charge in [0.25, 0.3) is 0 Å². The Balaban J connectivity index is 2.33. The molecule has 0 saturated heterocycles. The highest BCUT2D eigenvalue weighted by Crippen LogP contribution is 2.28. The van der Waals surface area contributed by atoms with Gasteiger partial charge < -0.3 is 11.1 Å². The highest BCUT2D eigenvalue weighted by Gasteiger charge is 2.12. The lowest BCUT2D eigenvalue weighted by Crippen LogP contribution is -2.01. The van der Waals surface area contributed by atoms with Gasteiger partial charge in [-0.05, 0) is 37.1 Å². The summed E-state index contributed by atoms with van der Waals surface area (Å²) in [5, 5.41) is 7.70. The first kappa shape index (κ1) is 13.0. The molecule has 0 aliphatic rings. The summed E-state index contributed by atoms with van der Waals surface area (Å²) in [4.78, 5) is 0. The van der Waals surface area contributed by atoms with Crippen LogP contribution in [0.5, 0.6) is 0 Å². The van der Waals surface area contributed by atoms with Crippen LogP contribution in [0.25, 0.3) is 0 Å². The van der Waals surface area contributed by atoms with E-state index in [1.165, 1.54) is 5.56 Å². The van der Waals surface area contributed by atoms with Gasteiger partial charge in [-0.1, -0.05) is 22.9 Å². The Morgan fingerprint density at radius 2 is 2.17 bits per heavy atom. The molecule has 1 heterocycles. The standard InChI is InChI=1S/C13H17BrN4/c1-4-11-12(15)13(18(3)17-11)16-9-5-6-10(14)8(2)7-9/h5-7,16H,4,15H2,1-3H3. The minimum absolute atomic E-state index is 0.723. The molecule has 5 heteroatoms. The normalized spacial score (nSPS) is 10.7. The van der Waals surface area contributed by atoms with Gasteiger partial charge in [0, 0.05) is 17.2 Å². The van der Waals surface area contributed by atoms with Gasteiger partial charge in [-0.15, -0.1) is 0 Å². The quantitative estimate of drug-likeness (QED) is 0.914. The third-order valence-electron chi connectivity index (χ3n) is 2.92. The number of nitrogens with two attached hydrogens (primary N) is 1. The molecular weight excluding hydrogens is 292 g/mol. The molecular formula is C13H17BrN4. The summed E-state index contributed by atoms with van der Waals surface area (Å²) in [6, 6.07) is 6.10. The zero-order valence-electron chi connectivity index (χ0n) is 10.8. The fourth-order valence-corrected chi connectivity index (χ4v) is 2.11. The number of nitrogens with zero attached hydrogens (tertiary/aromatic N) is 2. The molecule has 3 N–H and O–H groups in total. The molecule has 96 valence electrons. The second-order valence-electron chi connectivity index (χ2n) is 4.28. The van der Waals surface area contributed by atoms with Gasteiger partial charge >= 0.3 is 0 Å². The van der Waals surface area contributed by atoms with Crippen LogP contribution in [-0.2, 0) is 13.5 Å². The van der Waals surface area contributed by atoms with Crippen molar-refractivity contribution >= 4 is 33.1 Å². The maximum absolute atomic E-state index is 6.08. The lowest BCUT2D eigenvalue weighted by atomic mass is 10.2. The molecule has 0 aliphatic carbocycles. The predicted octanol–water partition coefficient (Wildman–Crippen LogP) is 3.38. The van der Waals surface area contributed by atoms with E-state index in [1.54, 1.807) is 4.68 Å². The molecule has 18 heavy (non-hydrogen) atoms. The molecule has 0 amide bonds. The van der Waals surface area contributed by atoms with E-state index in [1.807, 2.05) is 26.1 Å². The number of aromatic nitrogens is 2. The zero-order chi connectivity index (χ0) is 13.3. The van der Waals surface area contributed by atoms with E-state index in [4.69, 9.17) is 5.73 Å². The minimum Gasteiger partial charge on any atom is -0.394 e. The zero-order valence-corrected chi connectivity index (χ0v) is 12.4. The van der Waals surface area contributed by atoms with E-state index in [9.17, 15) is 0 Å². The van der Waals surface area contributed by atoms with Crippen molar-refractivity contribution in [3.63, 3.8) is 0 Å². The van der Waals surface area contributed by atoms with Crippen LogP contribution in [0.2, 0.25) is 0 Å². The molecule has 4 nitrogen and oxygen atoms in total. The Morgan fingerprint density at radius 1 is 1.44 bits per heavy atom. The third kappa shape index (κ3) is 2.36. The van der Waals surface area contributed by atoms with Gasteiger partial charge in [-0.3, -0.25) is 4.68 Å². The van der Waals surface area contributed by atoms with Gasteiger partial charge in [0.15, 0.2) is 5.82 Å². The average Bonchev–Trinajstić information content (AvgIpc) is 2.61. The van der Waals surface area contributed by atoms with Crippen LogP contribution in [0.15, 0.2) is 22.7 Å². The van der Waals surface area contributed by atoms with Crippen molar-refractivity contribution in [1.29, 1.82) is 0 Å². The summed E-state index contributed by atoms with van der Waals surface area (Å²) in [5.74, 6) is 0.841. The van der Waals surface area contributed by atoms with Crippen LogP contribution in [0.3, 0.4) is 0 Å². The second-order valence-corrected chi connectivity index (χ2v) is 5.13. The Labute approximate surface area is 115 Å². The first-order chi connectivity index (χ1) is 8.52. The number of hydrogen-bond acceptors (Lipinski definition) is 3. The maximum Gasteiger partial charge on any atom is 0.152 e. The Bertz CT molecular complexity index is 575. The van der Waals surface area contributed by atoms with Gasteiger partial charge in [-0.25, -0.2) is 0 Å². The molecule has 0 bridgehead atoms. The van der Waals surface area contributed by atoms with Crippen molar-refractivity contribution in [2.75, 3.05) is 11.1 Å². The van der Waals surface area contributed by atoms with Crippen LogP contribution in [0.4, 0.5) is 17.2 Å². The van der Waals surface area contributed by atoms with Gasteiger partial charge in [0.1, 0.15) is 0 Å². The van der Waals surface area contributed by atoms with E-state index in [0.717, 1.165) is 33.8 Å². The predicted molar refractivity (Wildman–Crippen MR) is 79.2 cm³/mol. The van der Waals surface area contributed by atoms with Crippen molar-refractivity contribution in [2.45, 2.75) is 20.3 Å². The summed E-state index contributed by atoms with van der Waals surface area (Å²) < 4.78 is 2.88. The second kappa shape index (κ2) is 5.02. The highest BCUT2D eigenvalue weighted by atomic mass is 79.9. The number of anilines is 3. The number of nitrogens with one attached hydrogen (secondary N) is 1. The molecule has 1 aromatic carbocycles. The maximum atomic E-state index is 6.08. The molecule has 2 aromatic rings. The molecule has 0 atom stereocenters. The number of nitrogen functional groups attached to an aromatic ring is 1. The van der Waals surface area contributed by atoms with Crippen LogP contribution in [0.1, 0.15) is 18.2 Å². The van der Waals surface area contributed by atoms with E-state index >= 15 is 0 Å². The summed E-state index contributed by atoms with van der Waals surface area (Å²) in [7, 11) is 1.89. The molecule has 1 aromatic heterocycles. The fourth-order valence-electron chi connectivity index (χ4n) is 1.86. The van der Waals surface area contributed by atoms with Crippen LogP contribution in [0, 0.1) is 6.92 Å². The summed E-state index contributed by atoms with van der Waals surface area (Å²) in [6.45, 7) is 4.10. The molecule has 0 unspecified atom stereocenters. The molecule has 2 rings (SSSR count). The number of halogens is 1. The van der Waals surface area contributed by atoms with E-state index < -0.39 is 0 Å². The first-order valence-corrected chi connectivity index (χ1v) is 6.66. The van der Waals surface area contributed by atoms with Gasteiger partial charge in [0.2, 0.25) is 0 Å². The van der Waals surface area contributed by atoms with E-state index in [2.05, 4.69) is 39.3 Å². The fraction of sp³-hybridized carbons (Fsp3) is 0.308. The van der Waals surface area contributed by atoms with E-state index in [-0.39, 0.29) is 0 Å². The number of aryl methyl sites for hydroxylation is 3. The summed E-state index contributed by atoms with van der Waals surface area (Å²) in [5.41, 5.74) is 9.91. The molecule has 0 fully saturated rings. The third-order valence-corrected chi connectivity index (χ3v) is 3.81. The van der Waals surface area contributed by atoms with Crippen molar-refractivity contribution in [1.82, 2.24) is 9.78 Å². The monoisotopic (exact) mass is 308 g/mol. The molecule has 0 radical (unpaired) electrons. The van der Waals surface area contributed by atoms with Crippen molar-refractivity contribution in [3.05, 3.63) is 33.9 Å². The Morgan fingerprint density at radius 3 is 2.72 bits per heavy atom.